The molecule has 1 amide bonds. The Kier molecular flexibility index (Phi) is 3.95. The van der Waals surface area contributed by atoms with Crippen LogP contribution in [0.5, 0.6) is 0 Å². The zero-order chi connectivity index (χ0) is 14.0. The third-order valence-electron chi connectivity index (χ3n) is 2.73. The normalized spacial score (nSPS) is 12.2. The van der Waals surface area contributed by atoms with Crippen molar-refractivity contribution >= 4 is 17.2 Å². The number of halogens is 1. The second kappa shape index (κ2) is 5.48. The van der Waals surface area contributed by atoms with E-state index in [1.54, 1.807) is 19.2 Å². The van der Waals surface area contributed by atoms with Crippen LogP contribution in [0, 0.1) is 19.7 Å². The maximum Gasteiger partial charge on any atom is 0.254 e. The lowest BCUT2D eigenvalue weighted by molar-refractivity contribution is 0.0936. The molecular formula is C14H15FN2OS. The summed E-state index contributed by atoms with van der Waals surface area (Å²) in [7, 11) is 0. The van der Waals surface area contributed by atoms with Gasteiger partial charge in [-0.05, 0) is 38.5 Å². The Bertz CT molecular complexity index is 609. The smallest absolute Gasteiger partial charge is 0.254 e. The Morgan fingerprint density at radius 2 is 2.16 bits per heavy atom. The number of carbonyl (C=O) groups excluding carboxylic acids is 1. The molecule has 0 aliphatic rings. The first-order valence-corrected chi connectivity index (χ1v) is 6.78. The fourth-order valence-electron chi connectivity index (χ4n) is 1.71. The van der Waals surface area contributed by atoms with Crippen LogP contribution in [0.3, 0.4) is 0 Å². The topological polar surface area (TPSA) is 42.0 Å². The van der Waals surface area contributed by atoms with Gasteiger partial charge >= 0.3 is 0 Å². The van der Waals surface area contributed by atoms with Gasteiger partial charge in [-0.2, -0.15) is 0 Å². The molecule has 1 atom stereocenters. The predicted octanol–water partition coefficient (Wildman–Crippen LogP) is 3.39. The van der Waals surface area contributed by atoms with Gasteiger partial charge in [0.05, 0.1) is 11.6 Å². The first-order chi connectivity index (χ1) is 8.97. The molecule has 0 bridgehead atoms. The summed E-state index contributed by atoms with van der Waals surface area (Å²) in [5, 5.41) is 3.57. The molecule has 0 radical (unpaired) electrons. The molecule has 5 heteroatoms. The highest BCUT2D eigenvalue weighted by Gasteiger charge is 2.16. The summed E-state index contributed by atoms with van der Waals surface area (Å²) in [6.07, 6.45) is 1.76. The number of aryl methyl sites for hydroxylation is 2. The van der Waals surface area contributed by atoms with Gasteiger partial charge in [-0.25, -0.2) is 9.37 Å². The summed E-state index contributed by atoms with van der Waals surface area (Å²) >= 11 is 1.52. The summed E-state index contributed by atoms with van der Waals surface area (Å²) in [5.41, 5.74) is 0.850. The van der Waals surface area contributed by atoms with Gasteiger partial charge in [0.15, 0.2) is 0 Å². The van der Waals surface area contributed by atoms with E-state index in [1.165, 1.54) is 23.5 Å². The maximum absolute atomic E-state index is 13.7. The van der Waals surface area contributed by atoms with Gasteiger partial charge in [0.25, 0.3) is 5.91 Å². The van der Waals surface area contributed by atoms with Crippen LogP contribution in [0.4, 0.5) is 4.39 Å². The van der Waals surface area contributed by atoms with Crippen molar-refractivity contribution in [3.63, 3.8) is 0 Å². The Morgan fingerprint density at radius 1 is 1.42 bits per heavy atom. The second-order valence-corrected chi connectivity index (χ2v) is 5.75. The molecule has 1 heterocycles. The van der Waals surface area contributed by atoms with Gasteiger partial charge in [0, 0.05) is 11.1 Å². The molecule has 0 saturated heterocycles. The molecule has 0 saturated carbocycles. The lowest BCUT2D eigenvalue weighted by Crippen LogP contribution is -2.27. The maximum atomic E-state index is 13.7. The Morgan fingerprint density at radius 3 is 2.74 bits per heavy atom. The van der Waals surface area contributed by atoms with Crippen LogP contribution >= 0.6 is 11.3 Å². The van der Waals surface area contributed by atoms with Crippen molar-refractivity contribution in [1.29, 1.82) is 0 Å². The molecule has 19 heavy (non-hydrogen) atoms. The summed E-state index contributed by atoms with van der Waals surface area (Å²) in [6.45, 7) is 5.57. The molecule has 100 valence electrons. The van der Waals surface area contributed by atoms with Crippen molar-refractivity contribution < 1.29 is 9.18 Å². The van der Waals surface area contributed by atoms with E-state index in [0.29, 0.717) is 0 Å². The largest absolute Gasteiger partial charge is 0.343 e. The first-order valence-electron chi connectivity index (χ1n) is 5.96. The fourth-order valence-corrected chi connectivity index (χ4v) is 2.49. The number of rotatable bonds is 3. The number of benzene rings is 1. The number of aromatic nitrogens is 1. The fraction of sp³-hybridized carbons (Fsp3) is 0.286. The minimum Gasteiger partial charge on any atom is -0.343 e. The van der Waals surface area contributed by atoms with E-state index >= 15 is 0 Å². The van der Waals surface area contributed by atoms with Crippen LogP contribution in [-0.2, 0) is 0 Å². The third kappa shape index (κ3) is 3.17. The van der Waals surface area contributed by atoms with E-state index in [2.05, 4.69) is 10.3 Å². The summed E-state index contributed by atoms with van der Waals surface area (Å²) in [6, 6.07) is 4.34. The van der Waals surface area contributed by atoms with Crippen LogP contribution in [0.15, 0.2) is 24.4 Å². The van der Waals surface area contributed by atoms with Crippen LogP contribution in [0.25, 0.3) is 0 Å². The van der Waals surface area contributed by atoms with Crippen molar-refractivity contribution in [3.8, 4) is 0 Å². The number of nitrogens with zero attached hydrogens (tertiary/aromatic N) is 1. The Labute approximate surface area is 115 Å². The number of nitrogens with one attached hydrogen (secondary N) is 1. The van der Waals surface area contributed by atoms with E-state index in [-0.39, 0.29) is 11.6 Å². The molecule has 1 aromatic carbocycles. The highest BCUT2D eigenvalue weighted by molar-refractivity contribution is 7.11. The zero-order valence-electron chi connectivity index (χ0n) is 11.0. The van der Waals surface area contributed by atoms with Gasteiger partial charge in [-0.3, -0.25) is 4.79 Å². The van der Waals surface area contributed by atoms with E-state index in [4.69, 9.17) is 0 Å². The minimum atomic E-state index is -0.500. The van der Waals surface area contributed by atoms with Crippen molar-refractivity contribution in [2.24, 2.45) is 0 Å². The molecule has 0 aliphatic carbocycles. The number of carbonyl (C=O) groups is 1. The molecule has 2 rings (SSSR count). The van der Waals surface area contributed by atoms with Crippen molar-refractivity contribution in [2.45, 2.75) is 26.8 Å². The van der Waals surface area contributed by atoms with E-state index in [9.17, 15) is 9.18 Å². The molecule has 1 unspecified atom stereocenters. The zero-order valence-corrected chi connectivity index (χ0v) is 11.8. The highest BCUT2D eigenvalue weighted by atomic mass is 32.1. The van der Waals surface area contributed by atoms with Gasteiger partial charge in [0.2, 0.25) is 0 Å². The summed E-state index contributed by atoms with van der Waals surface area (Å²) in [5.74, 6) is -0.919. The van der Waals surface area contributed by atoms with Crippen LogP contribution in [0.1, 0.15) is 38.8 Å². The molecule has 0 aliphatic heterocycles. The quantitative estimate of drug-likeness (QED) is 0.935. The number of hydrogen-bond acceptors (Lipinski definition) is 3. The van der Waals surface area contributed by atoms with Crippen LogP contribution < -0.4 is 5.32 Å². The Hall–Kier alpha value is -1.75. The Balaban J connectivity index is 2.12. The van der Waals surface area contributed by atoms with Crippen molar-refractivity contribution in [1.82, 2.24) is 10.3 Å². The van der Waals surface area contributed by atoms with E-state index in [1.807, 2.05) is 13.8 Å². The van der Waals surface area contributed by atoms with Gasteiger partial charge < -0.3 is 5.32 Å². The number of hydrogen-bond donors (Lipinski definition) is 1. The van der Waals surface area contributed by atoms with Crippen LogP contribution in [-0.4, -0.2) is 10.9 Å². The predicted molar refractivity (Wildman–Crippen MR) is 73.9 cm³/mol. The van der Waals surface area contributed by atoms with Crippen LogP contribution in [0.2, 0.25) is 0 Å². The lowest BCUT2D eigenvalue weighted by atomic mass is 10.1. The standard InChI is InChI=1S/C14H15FN2OS/c1-8-4-5-11(12(15)6-8)13(18)17-10(3)14-16-7-9(2)19-14/h4-7,10H,1-3H3,(H,17,18). The molecule has 3 nitrogen and oxygen atoms in total. The number of thiazole rings is 1. The molecular weight excluding hydrogens is 263 g/mol. The molecule has 2 aromatic rings. The van der Waals surface area contributed by atoms with E-state index < -0.39 is 11.7 Å². The SMILES string of the molecule is Cc1ccc(C(=O)NC(C)c2ncc(C)s2)c(F)c1. The monoisotopic (exact) mass is 278 g/mol. The van der Waals surface area contributed by atoms with Gasteiger partial charge in [-0.1, -0.05) is 6.07 Å². The average molecular weight is 278 g/mol. The minimum absolute atomic E-state index is 0.0609. The molecule has 0 spiro atoms. The second-order valence-electron chi connectivity index (χ2n) is 4.49. The summed E-state index contributed by atoms with van der Waals surface area (Å²) in [4.78, 5) is 17.3. The van der Waals surface area contributed by atoms with Gasteiger partial charge in [0.1, 0.15) is 10.8 Å². The highest BCUT2D eigenvalue weighted by Crippen LogP contribution is 2.19. The van der Waals surface area contributed by atoms with Crippen molar-refractivity contribution in [3.05, 3.63) is 51.2 Å². The van der Waals surface area contributed by atoms with Crippen molar-refractivity contribution in [2.75, 3.05) is 0 Å². The molecule has 1 N–H and O–H groups in total. The molecule has 1 aromatic heterocycles. The number of amides is 1. The lowest BCUT2D eigenvalue weighted by Gasteiger charge is -2.11. The van der Waals surface area contributed by atoms with Gasteiger partial charge in [-0.15, -0.1) is 11.3 Å². The molecule has 0 fully saturated rings. The average Bonchev–Trinajstić information content (AvgIpc) is 2.75. The summed E-state index contributed by atoms with van der Waals surface area (Å²) < 4.78 is 13.7. The van der Waals surface area contributed by atoms with E-state index in [0.717, 1.165) is 15.4 Å². The first kappa shape index (κ1) is 13.7. The third-order valence-corrected chi connectivity index (χ3v) is 3.82.